The molecule has 0 aromatic carbocycles. The van der Waals surface area contributed by atoms with Crippen LogP contribution in [-0.4, -0.2) is 52.8 Å². The van der Waals surface area contributed by atoms with Crippen molar-refractivity contribution in [3.05, 3.63) is 12.4 Å². The lowest BCUT2D eigenvalue weighted by molar-refractivity contribution is -0.0416. The molecule has 104 valence electrons. The van der Waals surface area contributed by atoms with Crippen molar-refractivity contribution >= 4 is 5.95 Å². The van der Waals surface area contributed by atoms with Gasteiger partial charge in [-0.05, 0) is 32.2 Å². The number of nitrogens with zero attached hydrogens (tertiary/aromatic N) is 3. The van der Waals surface area contributed by atoms with Crippen LogP contribution in [0.1, 0.15) is 31.7 Å². The van der Waals surface area contributed by atoms with Gasteiger partial charge >= 0.3 is 0 Å². The molecule has 3 fully saturated rings. The highest BCUT2D eigenvalue weighted by Gasteiger charge is 2.32. The summed E-state index contributed by atoms with van der Waals surface area (Å²) in [6.45, 7) is 4.10. The average molecular weight is 262 g/mol. The number of fused-ring (bicyclic) bond motifs is 1. The Labute approximate surface area is 113 Å². The quantitative estimate of drug-likeness (QED) is 0.893. The smallest absolute Gasteiger partial charge is 0.203 e. The van der Waals surface area contributed by atoms with Gasteiger partial charge in [-0.3, -0.25) is 4.90 Å². The zero-order chi connectivity index (χ0) is 12.7. The Bertz CT molecular complexity index is 442. The van der Waals surface area contributed by atoms with Crippen LogP contribution >= 0.6 is 0 Å². The predicted molar refractivity (Wildman–Crippen MR) is 73.3 cm³/mol. The first kappa shape index (κ1) is 11.7. The minimum absolute atomic E-state index is 0.304. The zero-order valence-corrected chi connectivity index (χ0v) is 11.3. The highest BCUT2D eigenvalue weighted by molar-refractivity contribution is 5.28. The van der Waals surface area contributed by atoms with Crippen molar-refractivity contribution in [2.24, 2.45) is 0 Å². The van der Waals surface area contributed by atoms with Crippen molar-refractivity contribution in [3.63, 3.8) is 0 Å². The Morgan fingerprint density at radius 1 is 1.32 bits per heavy atom. The molecule has 1 aromatic rings. The Hall–Kier alpha value is -1.07. The lowest BCUT2D eigenvalue weighted by atomic mass is 10.2. The van der Waals surface area contributed by atoms with Crippen LogP contribution in [-0.2, 0) is 4.74 Å². The summed E-state index contributed by atoms with van der Waals surface area (Å²) in [5, 5.41) is 3.46. The van der Waals surface area contributed by atoms with Gasteiger partial charge in [0.05, 0.1) is 12.7 Å². The van der Waals surface area contributed by atoms with Gasteiger partial charge in [0, 0.05) is 37.6 Å². The van der Waals surface area contributed by atoms with Gasteiger partial charge in [0.2, 0.25) is 5.95 Å². The van der Waals surface area contributed by atoms with Gasteiger partial charge in [-0.2, -0.15) is 0 Å². The lowest BCUT2D eigenvalue weighted by Crippen LogP contribution is -2.48. The van der Waals surface area contributed by atoms with Gasteiger partial charge in [-0.1, -0.05) is 0 Å². The standard InChI is InChI=1S/C14H22N4O/c1-2-12-10-19-13(9-17(12)6-1)8-16-14-15-5-7-18(14)11-3-4-11/h5,7,11-13H,1-4,6,8-10H2,(H,15,16). The van der Waals surface area contributed by atoms with Crippen LogP contribution in [0, 0.1) is 0 Å². The normalized spacial score (nSPS) is 31.4. The third-order valence-corrected chi connectivity index (χ3v) is 4.56. The second kappa shape index (κ2) is 4.80. The van der Waals surface area contributed by atoms with E-state index in [1.165, 1.54) is 32.2 Å². The highest BCUT2D eigenvalue weighted by atomic mass is 16.5. The fraction of sp³-hybridized carbons (Fsp3) is 0.786. The fourth-order valence-electron chi connectivity index (χ4n) is 3.31. The summed E-state index contributed by atoms with van der Waals surface area (Å²) in [4.78, 5) is 7.00. The van der Waals surface area contributed by atoms with Crippen LogP contribution in [0.4, 0.5) is 5.95 Å². The van der Waals surface area contributed by atoms with Gasteiger partial charge in [0.1, 0.15) is 0 Å². The summed E-state index contributed by atoms with van der Waals surface area (Å²) < 4.78 is 8.23. The summed E-state index contributed by atoms with van der Waals surface area (Å²) in [6.07, 6.45) is 9.50. The van der Waals surface area contributed by atoms with E-state index >= 15 is 0 Å². The molecule has 5 heteroatoms. The van der Waals surface area contributed by atoms with Crippen molar-refractivity contribution in [1.82, 2.24) is 14.5 Å². The van der Waals surface area contributed by atoms with Crippen LogP contribution in [0.3, 0.4) is 0 Å². The maximum atomic E-state index is 5.96. The number of aromatic nitrogens is 2. The van der Waals surface area contributed by atoms with Crippen LogP contribution in [0.15, 0.2) is 12.4 Å². The third kappa shape index (κ3) is 2.37. The number of rotatable bonds is 4. The molecule has 0 amide bonds. The lowest BCUT2D eigenvalue weighted by Gasteiger charge is -2.35. The highest BCUT2D eigenvalue weighted by Crippen LogP contribution is 2.36. The molecule has 2 aliphatic heterocycles. The van der Waals surface area contributed by atoms with Crippen LogP contribution in [0.5, 0.6) is 0 Å². The number of anilines is 1. The second-order valence-electron chi connectivity index (χ2n) is 6.02. The van der Waals surface area contributed by atoms with E-state index in [9.17, 15) is 0 Å². The van der Waals surface area contributed by atoms with E-state index in [-0.39, 0.29) is 0 Å². The molecule has 19 heavy (non-hydrogen) atoms. The average Bonchev–Trinajstić information content (AvgIpc) is 3.00. The molecule has 0 radical (unpaired) electrons. The molecule has 4 rings (SSSR count). The van der Waals surface area contributed by atoms with E-state index in [1.807, 2.05) is 6.20 Å². The number of morpholine rings is 1. The monoisotopic (exact) mass is 262 g/mol. The minimum Gasteiger partial charge on any atom is -0.373 e. The van der Waals surface area contributed by atoms with E-state index in [0.29, 0.717) is 18.2 Å². The molecule has 0 spiro atoms. The van der Waals surface area contributed by atoms with Gasteiger partial charge in [-0.15, -0.1) is 0 Å². The number of ether oxygens (including phenoxy) is 1. The maximum Gasteiger partial charge on any atom is 0.203 e. The molecule has 1 aliphatic carbocycles. The predicted octanol–water partition coefficient (Wildman–Crippen LogP) is 1.49. The topological polar surface area (TPSA) is 42.3 Å². The Kier molecular flexibility index (Phi) is 2.96. The number of hydrogen-bond acceptors (Lipinski definition) is 4. The van der Waals surface area contributed by atoms with E-state index < -0.39 is 0 Å². The maximum absolute atomic E-state index is 5.96. The molecule has 2 unspecified atom stereocenters. The first-order valence-corrected chi connectivity index (χ1v) is 7.52. The Balaban J connectivity index is 1.33. The molecule has 3 aliphatic rings. The molecular weight excluding hydrogens is 240 g/mol. The van der Waals surface area contributed by atoms with Crippen molar-refractivity contribution in [2.75, 3.05) is 31.6 Å². The number of imidazole rings is 1. The molecule has 0 bridgehead atoms. The van der Waals surface area contributed by atoms with Crippen LogP contribution in [0.25, 0.3) is 0 Å². The van der Waals surface area contributed by atoms with Gasteiger partial charge in [0.25, 0.3) is 0 Å². The van der Waals surface area contributed by atoms with Gasteiger partial charge in [0.15, 0.2) is 0 Å². The van der Waals surface area contributed by atoms with Crippen molar-refractivity contribution < 1.29 is 4.74 Å². The van der Waals surface area contributed by atoms with Crippen molar-refractivity contribution in [1.29, 1.82) is 0 Å². The molecular formula is C14H22N4O. The molecule has 1 saturated carbocycles. The Morgan fingerprint density at radius 3 is 3.16 bits per heavy atom. The van der Waals surface area contributed by atoms with Crippen molar-refractivity contribution in [2.45, 2.75) is 43.9 Å². The van der Waals surface area contributed by atoms with E-state index in [0.717, 1.165) is 25.6 Å². The largest absolute Gasteiger partial charge is 0.373 e. The second-order valence-corrected chi connectivity index (χ2v) is 6.02. The minimum atomic E-state index is 0.304. The van der Waals surface area contributed by atoms with Gasteiger partial charge in [-0.25, -0.2) is 4.98 Å². The zero-order valence-electron chi connectivity index (χ0n) is 11.3. The first-order chi connectivity index (χ1) is 9.40. The van der Waals surface area contributed by atoms with Crippen LogP contribution < -0.4 is 5.32 Å². The summed E-state index contributed by atoms with van der Waals surface area (Å²) >= 11 is 0. The van der Waals surface area contributed by atoms with E-state index in [1.54, 1.807) is 0 Å². The summed E-state index contributed by atoms with van der Waals surface area (Å²) in [7, 11) is 0. The third-order valence-electron chi connectivity index (χ3n) is 4.56. The molecule has 1 aromatic heterocycles. The van der Waals surface area contributed by atoms with E-state index in [2.05, 4.69) is 26.0 Å². The summed E-state index contributed by atoms with van der Waals surface area (Å²) in [5.41, 5.74) is 0. The van der Waals surface area contributed by atoms with Crippen LogP contribution in [0.2, 0.25) is 0 Å². The first-order valence-electron chi connectivity index (χ1n) is 7.52. The summed E-state index contributed by atoms with van der Waals surface area (Å²) in [5.74, 6) is 1.01. The van der Waals surface area contributed by atoms with E-state index in [4.69, 9.17) is 4.74 Å². The molecule has 2 atom stereocenters. The number of hydrogen-bond donors (Lipinski definition) is 1. The Morgan fingerprint density at radius 2 is 2.26 bits per heavy atom. The fourth-order valence-corrected chi connectivity index (χ4v) is 3.31. The van der Waals surface area contributed by atoms with Gasteiger partial charge < -0.3 is 14.6 Å². The summed E-state index contributed by atoms with van der Waals surface area (Å²) in [6, 6.07) is 1.37. The molecule has 3 heterocycles. The van der Waals surface area contributed by atoms with Crippen molar-refractivity contribution in [3.8, 4) is 0 Å². The molecule has 1 N–H and O–H groups in total. The molecule has 5 nitrogen and oxygen atoms in total. The molecule has 2 saturated heterocycles. The SMILES string of the molecule is c1cn(C2CC2)c(NCC2CN3CCCC3CO2)n1. The number of nitrogens with one attached hydrogen (secondary N) is 1.